The molecule has 2 rings (SSSR count). The molecule has 0 amide bonds. The van der Waals surface area contributed by atoms with E-state index in [2.05, 4.69) is 10.6 Å². The van der Waals surface area contributed by atoms with Crippen LogP contribution < -0.4 is 15.4 Å². The van der Waals surface area contributed by atoms with E-state index in [4.69, 9.17) is 17.0 Å². The first-order valence-corrected chi connectivity index (χ1v) is 6.97. The standard InChI is InChI=1S/C16H17FN2OS/c1-11(14-5-3-4-6-15(14)20-2)18-16(21)19-13-9-7-12(17)8-10-13/h3-11H,1-2H3,(H2,18,19,21)/t11-/m1/s1. The quantitative estimate of drug-likeness (QED) is 0.840. The van der Waals surface area contributed by atoms with Crippen molar-refractivity contribution in [1.82, 2.24) is 5.32 Å². The molecule has 1 atom stereocenters. The molecule has 2 aromatic rings. The van der Waals surface area contributed by atoms with Gasteiger partial charge in [-0.25, -0.2) is 4.39 Å². The molecule has 0 bridgehead atoms. The van der Waals surface area contributed by atoms with Crippen molar-refractivity contribution in [1.29, 1.82) is 0 Å². The van der Waals surface area contributed by atoms with Gasteiger partial charge in [0.1, 0.15) is 11.6 Å². The lowest BCUT2D eigenvalue weighted by atomic mass is 10.1. The SMILES string of the molecule is COc1ccccc1[C@@H](C)NC(=S)Nc1ccc(F)cc1. The molecule has 21 heavy (non-hydrogen) atoms. The Hall–Kier alpha value is -2.14. The summed E-state index contributed by atoms with van der Waals surface area (Å²) in [5.74, 6) is 0.531. The minimum atomic E-state index is -0.276. The van der Waals surface area contributed by atoms with Gasteiger partial charge in [-0.15, -0.1) is 0 Å². The van der Waals surface area contributed by atoms with Gasteiger partial charge in [0, 0.05) is 11.3 Å². The molecule has 0 spiro atoms. The molecule has 0 aliphatic rings. The van der Waals surface area contributed by atoms with Crippen LogP contribution in [0.1, 0.15) is 18.5 Å². The fourth-order valence-corrected chi connectivity index (χ4v) is 2.29. The van der Waals surface area contributed by atoms with Crippen LogP contribution in [0.2, 0.25) is 0 Å². The number of hydrogen-bond acceptors (Lipinski definition) is 2. The summed E-state index contributed by atoms with van der Waals surface area (Å²) < 4.78 is 18.2. The van der Waals surface area contributed by atoms with E-state index in [1.165, 1.54) is 12.1 Å². The van der Waals surface area contributed by atoms with Crippen molar-refractivity contribution in [3.8, 4) is 5.75 Å². The predicted molar refractivity (Wildman–Crippen MR) is 87.2 cm³/mol. The highest BCUT2D eigenvalue weighted by molar-refractivity contribution is 7.80. The number of nitrogens with one attached hydrogen (secondary N) is 2. The summed E-state index contributed by atoms with van der Waals surface area (Å²) in [6, 6.07) is 13.8. The van der Waals surface area contributed by atoms with Crippen LogP contribution in [-0.2, 0) is 0 Å². The first-order valence-electron chi connectivity index (χ1n) is 6.56. The van der Waals surface area contributed by atoms with Crippen molar-refractivity contribution < 1.29 is 9.13 Å². The molecule has 2 N–H and O–H groups in total. The summed E-state index contributed by atoms with van der Waals surface area (Å²) in [6.45, 7) is 2.00. The van der Waals surface area contributed by atoms with E-state index in [0.717, 1.165) is 17.0 Å². The summed E-state index contributed by atoms with van der Waals surface area (Å²) in [6.07, 6.45) is 0. The average Bonchev–Trinajstić information content (AvgIpc) is 2.49. The second kappa shape index (κ2) is 7.04. The summed E-state index contributed by atoms with van der Waals surface area (Å²) in [5.41, 5.74) is 1.75. The van der Waals surface area contributed by atoms with Gasteiger partial charge >= 0.3 is 0 Å². The maximum absolute atomic E-state index is 12.8. The lowest BCUT2D eigenvalue weighted by Gasteiger charge is -2.19. The Morgan fingerprint density at radius 3 is 2.48 bits per heavy atom. The molecule has 0 saturated carbocycles. The van der Waals surface area contributed by atoms with E-state index >= 15 is 0 Å². The van der Waals surface area contributed by atoms with E-state index in [-0.39, 0.29) is 11.9 Å². The number of methoxy groups -OCH3 is 1. The highest BCUT2D eigenvalue weighted by atomic mass is 32.1. The Labute approximate surface area is 129 Å². The number of ether oxygens (including phenoxy) is 1. The van der Waals surface area contributed by atoms with Gasteiger partial charge in [0.25, 0.3) is 0 Å². The van der Waals surface area contributed by atoms with Crippen molar-refractivity contribution in [2.75, 3.05) is 12.4 Å². The molecule has 2 aromatic carbocycles. The van der Waals surface area contributed by atoms with E-state index in [0.29, 0.717) is 5.11 Å². The third kappa shape index (κ3) is 4.16. The van der Waals surface area contributed by atoms with E-state index in [1.807, 2.05) is 31.2 Å². The summed E-state index contributed by atoms with van der Waals surface area (Å²) >= 11 is 5.27. The predicted octanol–water partition coefficient (Wildman–Crippen LogP) is 3.88. The van der Waals surface area contributed by atoms with Crippen LogP contribution in [0.3, 0.4) is 0 Å². The van der Waals surface area contributed by atoms with Crippen molar-refractivity contribution in [3.05, 3.63) is 59.9 Å². The minimum absolute atomic E-state index is 0.0124. The Kier molecular flexibility index (Phi) is 5.11. The Bertz CT molecular complexity index is 616. The maximum atomic E-state index is 12.8. The molecule has 0 heterocycles. The van der Waals surface area contributed by atoms with Crippen LogP contribution in [0.15, 0.2) is 48.5 Å². The number of hydrogen-bond donors (Lipinski definition) is 2. The van der Waals surface area contributed by atoms with Gasteiger partial charge in [0.2, 0.25) is 0 Å². The minimum Gasteiger partial charge on any atom is -0.496 e. The van der Waals surface area contributed by atoms with Crippen LogP contribution in [-0.4, -0.2) is 12.2 Å². The molecule has 0 fully saturated rings. The van der Waals surface area contributed by atoms with Gasteiger partial charge in [0.15, 0.2) is 5.11 Å². The molecule has 0 unspecified atom stereocenters. The summed E-state index contributed by atoms with van der Waals surface area (Å²) in [4.78, 5) is 0. The smallest absolute Gasteiger partial charge is 0.171 e. The second-order valence-corrected chi connectivity index (χ2v) is 4.98. The fraction of sp³-hybridized carbons (Fsp3) is 0.188. The maximum Gasteiger partial charge on any atom is 0.171 e. The van der Waals surface area contributed by atoms with Gasteiger partial charge in [-0.2, -0.15) is 0 Å². The molecule has 0 aliphatic heterocycles. The lowest BCUT2D eigenvalue weighted by molar-refractivity contribution is 0.405. The Balaban J connectivity index is 2.00. The first-order chi connectivity index (χ1) is 10.1. The van der Waals surface area contributed by atoms with Crippen LogP contribution >= 0.6 is 12.2 Å². The highest BCUT2D eigenvalue weighted by Crippen LogP contribution is 2.24. The molecular formula is C16H17FN2OS. The average molecular weight is 304 g/mol. The molecule has 0 radical (unpaired) electrons. The van der Waals surface area contributed by atoms with Crippen molar-refractivity contribution in [2.24, 2.45) is 0 Å². The van der Waals surface area contributed by atoms with Gasteiger partial charge < -0.3 is 15.4 Å². The molecule has 5 heteroatoms. The Morgan fingerprint density at radius 2 is 1.81 bits per heavy atom. The highest BCUT2D eigenvalue weighted by Gasteiger charge is 2.11. The zero-order valence-electron chi connectivity index (χ0n) is 11.9. The number of para-hydroxylation sites is 1. The summed E-state index contributed by atoms with van der Waals surface area (Å²) in [5, 5.41) is 6.67. The number of benzene rings is 2. The third-order valence-corrected chi connectivity index (χ3v) is 3.28. The van der Waals surface area contributed by atoms with Gasteiger partial charge in [-0.05, 0) is 49.5 Å². The summed E-state index contributed by atoms with van der Waals surface area (Å²) in [7, 11) is 1.64. The Morgan fingerprint density at radius 1 is 1.14 bits per heavy atom. The monoisotopic (exact) mass is 304 g/mol. The second-order valence-electron chi connectivity index (χ2n) is 4.57. The zero-order chi connectivity index (χ0) is 15.2. The van der Waals surface area contributed by atoms with Gasteiger partial charge in [-0.3, -0.25) is 0 Å². The van der Waals surface area contributed by atoms with Crippen LogP contribution in [0.5, 0.6) is 5.75 Å². The van der Waals surface area contributed by atoms with E-state index in [1.54, 1.807) is 19.2 Å². The van der Waals surface area contributed by atoms with Crippen molar-refractivity contribution >= 4 is 23.0 Å². The fourth-order valence-electron chi connectivity index (χ4n) is 2.00. The van der Waals surface area contributed by atoms with Gasteiger partial charge in [-0.1, -0.05) is 18.2 Å². The van der Waals surface area contributed by atoms with Crippen LogP contribution in [0, 0.1) is 5.82 Å². The normalized spacial score (nSPS) is 11.6. The largest absolute Gasteiger partial charge is 0.496 e. The molecular weight excluding hydrogens is 287 g/mol. The first kappa shape index (κ1) is 15.3. The molecule has 3 nitrogen and oxygen atoms in total. The number of halogens is 1. The number of anilines is 1. The van der Waals surface area contributed by atoms with Crippen LogP contribution in [0.25, 0.3) is 0 Å². The zero-order valence-corrected chi connectivity index (χ0v) is 12.7. The number of rotatable bonds is 4. The third-order valence-electron chi connectivity index (χ3n) is 3.06. The topological polar surface area (TPSA) is 33.3 Å². The molecule has 0 saturated heterocycles. The molecule has 110 valence electrons. The lowest BCUT2D eigenvalue weighted by Crippen LogP contribution is -2.31. The van der Waals surface area contributed by atoms with Crippen molar-refractivity contribution in [3.63, 3.8) is 0 Å². The van der Waals surface area contributed by atoms with E-state index in [9.17, 15) is 4.39 Å². The van der Waals surface area contributed by atoms with Crippen molar-refractivity contribution in [2.45, 2.75) is 13.0 Å². The molecule has 0 aromatic heterocycles. The number of thiocarbonyl (C=S) groups is 1. The van der Waals surface area contributed by atoms with E-state index < -0.39 is 0 Å². The molecule has 0 aliphatic carbocycles. The van der Waals surface area contributed by atoms with Gasteiger partial charge in [0.05, 0.1) is 13.2 Å². The van der Waals surface area contributed by atoms with Crippen LogP contribution in [0.4, 0.5) is 10.1 Å².